The highest BCUT2D eigenvalue weighted by Crippen LogP contribution is 2.42. The number of piperidine rings is 1. The van der Waals surface area contributed by atoms with E-state index in [4.69, 9.17) is 14.2 Å². The Morgan fingerprint density at radius 1 is 0.944 bits per heavy atom. The third-order valence-electron chi connectivity index (χ3n) is 7.89. The van der Waals surface area contributed by atoms with Gasteiger partial charge in [0.05, 0.1) is 20.3 Å². The van der Waals surface area contributed by atoms with Gasteiger partial charge in [-0.1, -0.05) is 6.92 Å². The van der Waals surface area contributed by atoms with Gasteiger partial charge in [0.15, 0.2) is 0 Å². The maximum atomic E-state index is 12.7. The highest BCUT2D eigenvalue weighted by molar-refractivity contribution is 7.76. The third kappa shape index (κ3) is 6.56. The van der Waals surface area contributed by atoms with Crippen LogP contribution in [0.15, 0.2) is 0 Å². The molecule has 2 aliphatic heterocycles. The van der Waals surface area contributed by atoms with Gasteiger partial charge in [-0.25, -0.2) is 13.9 Å². The van der Waals surface area contributed by atoms with Crippen molar-refractivity contribution in [1.29, 1.82) is 0 Å². The molecule has 1 amide bonds. The number of carbonyl (C=O) groups excluding carboxylic acids is 3. The molecule has 206 valence electrons. The second kappa shape index (κ2) is 13.2. The van der Waals surface area contributed by atoms with Crippen molar-refractivity contribution in [1.82, 2.24) is 14.1 Å². The number of amides is 1. The summed E-state index contributed by atoms with van der Waals surface area (Å²) in [6.45, 7) is 7.78. The molecule has 3 fully saturated rings. The van der Waals surface area contributed by atoms with Crippen LogP contribution < -0.4 is 0 Å². The van der Waals surface area contributed by atoms with Gasteiger partial charge < -0.3 is 18.8 Å². The van der Waals surface area contributed by atoms with Crippen LogP contribution in [0.25, 0.3) is 0 Å². The number of rotatable bonds is 9. The molecule has 0 aromatic carbocycles. The summed E-state index contributed by atoms with van der Waals surface area (Å²) in [4.78, 5) is 41.3. The summed E-state index contributed by atoms with van der Waals surface area (Å²) >= 11 is -2.35. The number of hydrogen-bond acceptors (Lipinski definition) is 9. The Morgan fingerprint density at radius 3 is 2.19 bits per heavy atom. The Balaban J connectivity index is 1.70. The first-order chi connectivity index (χ1) is 17.2. The largest absolute Gasteiger partial charge is 0.760 e. The Morgan fingerprint density at radius 2 is 1.61 bits per heavy atom. The standard InChI is InChI=1S/C24H41N3O8S/c1-5-27(36(31)32)19-12-20(22(28)34-6-2)25(15-19)13-16-8-9-17-14-26(24(30)33-4)21(11-18(17)10-16)23(29)35-7-3/h16-21H,5-15H2,1-4H3,(H,31,32)/p-1. The fraction of sp³-hybridized carbons (Fsp3) is 0.875. The van der Waals surface area contributed by atoms with Crippen LogP contribution in [0.2, 0.25) is 0 Å². The third-order valence-corrected chi connectivity index (χ3v) is 8.83. The maximum Gasteiger partial charge on any atom is 0.410 e. The monoisotopic (exact) mass is 530 g/mol. The number of esters is 2. The molecule has 0 spiro atoms. The topological polar surface area (TPSA) is 129 Å². The number of ether oxygens (including phenoxy) is 3. The molecule has 3 rings (SSSR count). The lowest BCUT2D eigenvalue weighted by Gasteiger charge is -2.46. The van der Waals surface area contributed by atoms with Gasteiger partial charge in [-0.3, -0.25) is 18.8 Å². The molecule has 7 unspecified atom stereocenters. The lowest BCUT2D eigenvalue weighted by Crippen LogP contribution is -2.55. The summed E-state index contributed by atoms with van der Waals surface area (Å²) in [5.41, 5.74) is 0. The molecule has 2 heterocycles. The Kier molecular flexibility index (Phi) is 10.5. The van der Waals surface area contributed by atoms with Gasteiger partial charge in [0.2, 0.25) is 0 Å². The maximum absolute atomic E-state index is 12.7. The van der Waals surface area contributed by atoms with Gasteiger partial charge in [0, 0.05) is 43.5 Å². The molecule has 2 saturated heterocycles. The van der Waals surface area contributed by atoms with Crippen LogP contribution in [0.3, 0.4) is 0 Å². The number of likely N-dealkylation sites (N-methyl/N-ethyl adjacent to an activating group) is 1. The highest BCUT2D eigenvalue weighted by Gasteiger charge is 2.46. The predicted octanol–water partition coefficient (Wildman–Crippen LogP) is 1.54. The molecule has 11 nitrogen and oxygen atoms in total. The minimum absolute atomic E-state index is 0.245. The minimum atomic E-state index is -2.35. The van der Waals surface area contributed by atoms with E-state index in [1.54, 1.807) is 20.8 Å². The van der Waals surface area contributed by atoms with Crippen molar-refractivity contribution in [2.75, 3.05) is 46.5 Å². The molecular weight excluding hydrogens is 490 g/mol. The zero-order valence-electron chi connectivity index (χ0n) is 21.8. The van der Waals surface area contributed by atoms with Crippen LogP contribution >= 0.6 is 0 Å². The van der Waals surface area contributed by atoms with E-state index in [0.29, 0.717) is 44.9 Å². The lowest BCUT2D eigenvalue weighted by molar-refractivity contribution is -0.153. The van der Waals surface area contributed by atoms with Crippen LogP contribution in [0.4, 0.5) is 4.79 Å². The average molecular weight is 531 g/mol. The molecular formula is C24H40N3O8S-. The van der Waals surface area contributed by atoms with E-state index in [2.05, 4.69) is 4.90 Å². The number of hydrogen-bond donors (Lipinski definition) is 0. The van der Waals surface area contributed by atoms with Crippen LogP contribution in [-0.4, -0.2) is 106 Å². The molecule has 0 aromatic heterocycles. The summed E-state index contributed by atoms with van der Waals surface area (Å²) in [6, 6.07) is -1.40. The zero-order chi connectivity index (χ0) is 26.4. The first kappa shape index (κ1) is 28.8. The first-order valence-electron chi connectivity index (χ1n) is 13.0. The van der Waals surface area contributed by atoms with E-state index in [9.17, 15) is 23.1 Å². The molecule has 0 N–H and O–H groups in total. The average Bonchev–Trinajstić information content (AvgIpc) is 3.26. The summed E-state index contributed by atoms with van der Waals surface area (Å²) < 4.78 is 40.3. The van der Waals surface area contributed by atoms with Gasteiger partial charge in [-0.2, -0.15) is 0 Å². The normalized spacial score (nSPS) is 31.6. The molecule has 3 aliphatic rings. The van der Waals surface area contributed by atoms with Crippen LogP contribution in [0.1, 0.15) is 52.9 Å². The second-order valence-corrected chi connectivity index (χ2v) is 10.8. The summed E-state index contributed by atoms with van der Waals surface area (Å²) in [6.07, 6.45) is 3.14. The van der Waals surface area contributed by atoms with E-state index in [1.165, 1.54) is 16.3 Å². The summed E-state index contributed by atoms with van der Waals surface area (Å²) in [5, 5.41) is 0. The van der Waals surface area contributed by atoms with E-state index >= 15 is 0 Å². The Hall–Kier alpha value is -1.76. The highest BCUT2D eigenvalue weighted by atomic mass is 32.2. The van der Waals surface area contributed by atoms with Crippen molar-refractivity contribution in [3.63, 3.8) is 0 Å². The van der Waals surface area contributed by atoms with Crippen molar-refractivity contribution in [2.24, 2.45) is 17.8 Å². The second-order valence-electron chi connectivity index (χ2n) is 9.89. The minimum Gasteiger partial charge on any atom is -0.760 e. The Bertz CT molecular complexity index is 814. The lowest BCUT2D eigenvalue weighted by atomic mass is 9.69. The molecule has 1 aliphatic carbocycles. The molecule has 0 aromatic rings. The molecule has 0 bridgehead atoms. The molecule has 1 saturated carbocycles. The van der Waals surface area contributed by atoms with Crippen molar-refractivity contribution >= 4 is 29.3 Å². The predicted molar refractivity (Wildman–Crippen MR) is 130 cm³/mol. The van der Waals surface area contributed by atoms with E-state index in [-0.39, 0.29) is 37.1 Å². The number of nitrogens with zero attached hydrogens (tertiary/aromatic N) is 3. The van der Waals surface area contributed by atoms with Crippen LogP contribution in [0.5, 0.6) is 0 Å². The van der Waals surface area contributed by atoms with Gasteiger partial charge in [-0.05, 0) is 63.7 Å². The molecule has 36 heavy (non-hydrogen) atoms. The number of fused-ring (bicyclic) bond motifs is 1. The molecule has 12 heteroatoms. The van der Waals surface area contributed by atoms with Gasteiger partial charge in [0.25, 0.3) is 0 Å². The number of methoxy groups -OCH3 is 1. The van der Waals surface area contributed by atoms with E-state index < -0.39 is 35.4 Å². The Labute approximate surface area is 216 Å². The molecule has 0 radical (unpaired) electrons. The van der Waals surface area contributed by atoms with Crippen LogP contribution in [0, 0.1) is 17.8 Å². The van der Waals surface area contributed by atoms with Crippen molar-refractivity contribution in [3.8, 4) is 0 Å². The van der Waals surface area contributed by atoms with Crippen molar-refractivity contribution in [3.05, 3.63) is 0 Å². The van der Waals surface area contributed by atoms with Gasteiger partial charge >= 0.3 is 18.0 Å². The van der Waals surface area contributed by atoms with E-state index in [1.807, 2.05) is 0 Å². The zero-order valence-corrected chi connectivity index (χ0v) is 22.6. The van der Waals surface area contributed by atoms with Gasteiger partial charge in [0.1, 0.15) is 12.1 Å². The summed E-state index contributed by atoms with van der Waals surface area (Å²) in [5.74, 6) is 0.104. The fourth-order valence-corrected chi connectivity index (χ4v) is 6.89. The van der Waals surface area contributed by atoms with Crippen molar-refractivity contribution < 1.29 is 37.4 Å². The smallest absolute Gasteiger partial charge is 0.410 e. The number of carbonyl (C=O) groups is 3. The fourth-order valence-electron chi connectivity index (χ4n) is 6.28. The SMILES string of the molecule is CCOC(=O)C1CC(N(CC)S(=O)[O-])CN1CC1CCC2CN(C(=O)OC)C(C(=O)OCC)CC2C1. The first-order valence-corrected chi connectivity index (χ1v) is 14.0. The number of likely N-dealkylation sites (tertiary alicyclic amines) is 2. The quantitative estimate of drug-likeness (QED) is 0.248. The molecule has 7 atom stereocenters. The van der Waals surface area contributed by atoms with Crippen LogP contribution in [-0.2, 0) is 35.1 Å². The van der Waals surface area contributed by atoms with E-state index in [0.717, 1.165) is 19.3 Å². The van der Waals surface area contributed by atoms with Gasteiger partial charge in [-0.15, -0.1) is 0 Å². The van der Waals surface area contributed by atoms with Crippen molar-refractivity contribution in [2.45, 2.75) is 71.0 Å². The summed E-state index contributed by atoms with van der Waals surface area (Å²) in [7, 11) is 1.32.